The first-order valence-corrected chi connectivity index (χ1v) is 7.01. The van der Waals surface area contributed by atoms with E-state index < -0.39 is 0 Å². The normalized spacial score (nSPS) is 12.4. The van der Waals surface area contributed by atoms with Crippen LogP contribution in [-0.2, 0) is 7.05 Å². The van der Waals surface area contributed by atoms with E-state index in [0.29, 0.717) is 5.02 Å². The van der Waals surface area contributed by atoms with Crippen LogP contribution < -0.4 is 10.1 Å². The predicted octanol–water partition coefficient (Wildman–Crippen LogP) is 3.09. The molecule has 0 amide bonds. The van der Waals surface area contributed by atoms with Gasteiger partial charge in [-0.3, -0.25) is 4.68 Å². The largest absolute Gasteiger partial charge is 0.496 e. The van der Waals surface area contributed by atoms with Crippen molar-refractivity contribution in [1.29, 1.82) is 0 Å². The molecule has 1 aromatic carbocycles. The summed E-state index contributed by atoms with van der Waals surface area (Å²) in [5.41, 5.74) is 3.16. The fourth-order valence-electron chi connectivity index (χ4n) is 2.42. The minimum atomic E-state index is 0.0161. The minimum absolute atomic E-state index is 0.0161. The van der Waals surface area contributed by atoms with Crippen molar-refractivity contribution < 1.29 is 4.74 Å². The van der Waals surface area contributed by atoms with Crippen molar-refractivity contribution in [2.24, 2.45) is 7.05 Å². The highest BCUT2D eigenvalue weighted by atomic mass is 35.5. The number of methoxy groups -OCH3 is 1. The second-order valence-electron chi connectivity index (χ2n) is 4.72. The lowest BCUT2D eigenvalue weighted by molar-refractivity contribution is 0.404. The second kappa shape index (κ2) is 6.29. The maximum atomic E-state index is 6.15. The summed E-state index contributed by atoms with van der Waals surface area (Å²) in [5.74, 6) is 0.823. The molecule has 1 unspecified atom stereocenters. The highest BCUT2D eigenvalue weighted by Gasteiger charge is 2.21. The van der Waals surface area contributed by atoms with Gasteiger partial charge in [-0.05, 0) is 31.7 Å². The van der Waals surface area contributed by atoms with Crippen molar-refractivity contribution in [3.8, 4) is 5.75 Å². The van der Waals surface area contributed by atoms with E-state index in [1.54, 1.807) is 7.11 Å². The van der Waals surface area contributed by atoms with Gasteiger partial charge in [0.05, 0.1) is 18.8 Å². The van der Waals surface area contributed by atoms with Crippen molar-refractivity contribution in [2.75, 3.05) is 13.7 Å². The summed E-state index contributed by atoms with van der Waals surface area (Å²) in [6, 6.07) is 5.69. The summed E-state index contributed by atoms with van der Waals surface area (Å²) < 4.78 is 7.30. The Morgan fingerprint density at radius 3 is 2.70 bits per heavy atom. The van der Waals surface area contributed by atoms with Crippen LogP contribution in [0, 0.1) is 6.92 Å². The van der Waals surface area contributed by atoms with Gasteiger partial charge >= 0.3 is 0 Å². The maximum Gasteiger partial charge on any atom is 0.124 e. The Labute approximate surface area is 124 Å². The third-order valence-corrected chi connectivity index (χ3v) is 3.51. The molecule has 0 bridgehead atoms. The second-order valence-corrected chi connectivity index (χ2v) is 5.16. The molecule has 0 aliphatic heterocycles. The van der Waals surface area contributed by atoms with Gasteiger partial charge in [0.25, 0.3) is 0 Å². The van der Waals surface area contributed by atoms with Gasteiger partial charge in [-0.25, -0.2) is 0 Å². The number of nitrogens with zero attached hydrogens (tertiary/aromatic N) is 2. The molecule has 2 aromatic rings. The lowest BCUT2D eigenvalue weighted by atomic mass is 9.98. The van der Waals surface area contributed by atoms with Crippen LogP contribution in [0.25, 0.3) is 0 Å². The average Bonchev–Trinajstić information content (AvgIpc) is 2.75. The highest BCUT2D eigenvalue weighted by molar-refractivity contribution is 6.30. The van der Waals surface area contributed by atoms with Crippen LogP contribution >= 0.6 is 11.6 Å². The number of ether oxygens (including phenoxy) is 1. The summed E-state index contributed by atoms with van der Waals surface area (Å²) >= 11 is 6.15. The number of hydrogen-bond donors (Lipinski definition) is 1. The van der Waals surface area contributed by atoms with Crippen LogP contribution in [0.3, 0.4) is 0 Å². The van der Waals surface area contributed by atoms with Crippen LogP contribution in [0.5, 0.6) is 5.75 Å². The first-order valence-electron chi connectivity index (χ1n) is 6.63. The van der Waals surface area contributed by atoms with Crippen molar-refractivity contribution in [1.82, 2.24) is 15.1 Å². The SMILES string of the molecule is CCNC(c1cc(Cl)ccc1OC)c1cn(C)nc1C. The Hall–Kier alpha value is -1.52. The Morgan fingerprint density at radius 2 is 2.15 bits per heavy atom. The standard InChI is InChI=1S/C15H20ClN3O/c1-5-17-15(13-9-19(3)18-10(13)2)12-8-11(16)6-7-14(12)20-4/h6-9,15,17H,5H2,1-4H3. The van der Waals surface area contributed by atoms with Gasteiger partial charge in [-0.1, -0.05) is 18.5 Å². The molecule has 0 fully saturated rings. The predicted molar refractivity (Wildman–Crippen MR) is 81.5 cm³/mol. The molecule has 1 N–H and O–H groups in total. The molecule has 0 saturated carbocycles. The molecule has 1 atom stereocenters. The molecular weight excluding hydrogens is 274 g/mol. The van der Waals surface area contributed by atoms with Crippen LogP contribution in [0.15, 0.2) is 24.4 Å². The van der Waals surface area contributed by atoms with Crippen molar-refractivity contribution in [3.63, 3.8) is 0 Å². The van der Waals surface area contributed by atoms with E-state index >= 15 is 0 Å². The molecule has 0 saturated heterocycles. The minimum Gasteiger partial charge on any atom is -0.496 e. The van der Waals surface area contributed by atoms with E-state index in [9.17, 15) is 0 Å². The van der Waals surface area contributed by atoms with E-state index in [1.165, 1.54) is 0 Å². The lowest BCUT2D eigenvalue weighted by Gasteiger charge is -2.20. The first kappa shape index (κ1) is 14.9. The van der Waals surface area contributed by atoms with E-state index in [1.807, 2.05) is 43.0 Å². The maximum absolute atomic E-state index is 6.15. The third-order valence-electron chi connectivity index (χ3n) is 3.27. The summed E-state index contributed by atoms with van der Waals surface area (Å²) in [5, 5.41) is 8.60. The summed E-state index contributed by atoms with van der Waals surface area (Å²) in [6.07, 6.45) is 2.03. The summed E-state index contributed by atoms with van der Waals surface area (Å²) in [7, 11) is 3.60. The van der Waals surface area contributed by atoms with Gasteiger partial charge in [-0.15, -0.1) is 0 Å². The number of aryl methyl sites for hydroxylation is 2. The van der Waals surface area contributed by atoms with Crippen LogP contribution in [0.4, 0.5) is 0 Å². The van der Waals surface area contributed by atoms with Crippen LogP contribution in [-0.4, -0.2) is 23.4 Å². The molecule has 1 aromatic heterocycles. The van der Waals surface area contributed by atoms with E-state index in [2.05, 4.69) is 17.3 Å². The monoisotopic (exact) mass is 293 g/mol. The molecule has 0 aliphatic rings. The smallest absolute Gasteiger partial charge is 0.124 e. The van der Waals surface area contributed by atoms with Gasteiger partial charge in [-0.2, -0.15) is 5.10 Å². The number of hydrogen-bond acceptors (Lipinski definition) is 3. The van der Waals surface area contributed by atoms with E-state index in [-0.39, 0.29) is 6.04 Å². The Morgan fingerprint density at radius 1 is 1.40 bits per heavy atom. The fourth-order valence-corrected chi connectivity index (χ4v) is 2.60. The zero-order valence-electron chi connectivity index (χ0n) is 12.3. The molecule has 5 heteroatoms. The molecule has 4 nitrogen and oxygen atoms in total. The number of rotatable bonds is 5. The van der Waals surface area contributed by atoms with Gasteiger partial charge in [0.1, 0.15) is 5.75 Å². The van der Waals surface area contributed by atoms with Gasteiger partial charge in [0.2, 0.25) is 0 Å². The van der Waals surface area contributed by atoms with Crippen molar-refractivity contribution in [2.45, 2.75) is 19.9 Å². The molecule has 1 heterocycles. The molecule has 2 rings (SSSR count). The van der Waals surface area contributed by atoms with E-state index in [0.717, 1.165) is 29.1 Å². The number of nitrogens with one attached hydrogen (secondary N) is 1. The van der Waals surface area contributed by atoms with E-state index in [4.69, 9.17) is 16.3 Å². The van der Waals surface area contributed by atoms with Gasteiger partial charge in [0, 0.05) is 29.4 Å². The molecular formula is C15H20ClN3O. The number of halogens is 1. The van der Waals surface area contributed by atoms with Crippen LogP contribution in [0.1, 0.15) is 29.8 Å². The molecule has 0 spiro atoms. The van der Waals surface area contributed by atoms with Gasteiger partial charge < -0.3 is 10.1 Å². The lowest BCUT2D eigenvalue weighted by Crippen LogP contribution is -2.23. The molecule has 0 radical (unpaired) electrons. The van der Waals surface area contributed by atoms with Crippen molar-refractivity contribution in [3.05, 3.63) is 46.2 Å². The fraction of sp³-hybridized carbons (Fsp3) is 0.400. The summed E-state index contributed by atoms with van der Waals surface area (Å²) in [6.45, 7) is 4.93. The zero-order chi connectivity index (χ0) is 14.7. The summed E-state index contributed by atoms with van der Waals surface area (Å²) in [4.78, 5) is 0. The highest BCUT2D eigenvalue weighted by Crippen LogP contribution is 2.33. The molecule has 20 heavy (non-hydrogen) atoms. The third kappa shape index (κ3) is 2.97. The molecule has 0 aliphatic carbocycles. The Kier molecular flexibility index (Phi) is 4.68. The Balaban J connectivity index is 2.53. The average molecular weight is 294 g/mol. The van der Waals surface area contributed by atoms with Crippen LogP contribution in [0.2, 0.25) is 5.02 Å². The first-order chi connectivity index (χ1) is 9.56. The Bertz CT molecular complexity index is 595. The quantitative estimate of drug-likeness (QED) is 0.921. The molecule has 108 valence electrons. The zero-order valence-corrected chi connectivity index (χ0v) is 13.0. The van der Waals surface area contributed by atoms with Crippen molar-refractivity contribution >= 4 is 11.6 Å². The number of benzene rings is 1. The topological polar surface area (TPSA) is 39.1 Å². The van der Waals surface area contributed by atoms with Gasteiger partial charge in [0.15, 0.2) is 0 Å². The number of aromatic nitrogens is 2.